The van der Waals surface area contributed by atoms with Gasteiger partial charge >= 0.3 is 0 Å². The van der Waals surface area contributed by atoms with Crippen LogP contribution in [0.5, 0.6) is 5.75 Å². The fourth-order valence-corrected chi connectivity index (χ4v) is 3.28. The summed E-state index contributed by atoms with van der Waals surface area (Å²) in [7, 11) is 1.59. The Kier molecular flexibility index (Phi) is 4.29. The van der Waals surface area contributed by atoms with Gasteiger partial charge in [0.2, 0.25) is 0 Å². The number of nitrogens with one attached hydrogen (secondary N) is 1. The number of amides is 1. The maximum atomic E-state index is 12.6. The first kappa shape index (κ1) is 17.1. The maximum absolute atomic E-state index is 12.6. The molecule has 132 valence electrons. The van der Waals surface area contributed by atoms with Crippen molar-refractivity contribution in [2.24, 2.45) is 10.6 Å². The normalized spacial score (nSPS) is 17.2. The number of carbonyl (C=O) groups excluding carboxylic acids is 1. The number of hydrogen-bond donors (Lipinski definition) is 2. The number of fused-ring (bicyclic) bond motifs is 1. The molecule has 0 aliphatic heterocycles. The predicted molar refractivity (Wildman–Crippen MR) is 94.8 cm³/mol. The average Bonchev–Trinajstić information content (AvgIpc) is 2.90. The maximum Gasteiger partial charge on any atom is 0.291 e. The number of nitrogens with zero attached hydrogens (tertiary/aromatic N) is 1. The lowest BCUT2D eigenvalue weighted by molar-refractivity contribution is 0.0993. The highest BCUT2D eigenvalue weighted by atomic mass is 16.5. The van der Waals surface area contributed by atoms with Crippen LogP contribution in [0.4, 0.5) is 5.69 Å². The highest BCUT2D eigenvalue weighted by Gasteiger charge is 2.36. The summed E-state index contributed by atoms with van der Waals surface area (Å²) in [4.78, 5) is 12.6. The summed E-state index contributed by atoms with van der Waals surface area (Å²) in [5.41, 5.74) is 2.58. The topological polar surface area (TPSA) is 84.1 Å². The lowest BCUT2D eigenvalue weighted by atomic mass is 9.75. The monoisotopic (exact) mass is 342 g/mol. The molecule has 6 nitrogen and oxygen atoms in total. The van der Waals surface area contributed by atoms with E-state index in [9.17, 15) is 10.0 Å². The standard InChI is InChI=1S/C19H22N2O4/c1-11-16-14(21-23)9-19(2,3)10-15(16)25-17(11)18(22)20-12-5-7-13(24-4)8-6-12/h5-8,23H,9-10H2,1-4H3,(H,20,22). The lowest BCUT2D eigenvalue weighted by Gasteiger charge is -2.28. The Morgan fingerprint density at radius 3 is 2.56 bits per heavy atom. The third-order valence-corrected chi connectivity index (χ3v) is 4.47. The number of furan rings is 1. The Bertz CT molecular complexity index is 832. The number of oxime groups is 1. The molecule has 1 aliphatic rings. The van der Waals surface area contributed by atoms with E-state index in [0.717, 1.165) is 5.56 Å². The number of carbonyl (C=O) groups is 1. The molecule has 1 aromatic carbocycles. The van der Waals surface area contributed by atoms with E-state index >= 15 is 0 Å². The zero-order valence-electron chi connectivity index (χ0n) is 14.8. The Hall–Kier alpha value is -2.76. The average molecular weight is 342 g/mol. The molecule has 1 heterocycles. The van der Waals surface area contributed by atoms with Crippen LogP contribution in [-0.4, -0.2) is 23.9 Å². The summed E-state index contributed by atoms with van der Waals surface area (Å²) in [5, 5.41) is 15.6. The van der Waals surface area contributed by atoms with Crippen LogP contribution < -0.4 is 10.1 Å². The van der Waals surface area contributed by atoms with Gasteiger partial charge in [0.1, 0.15) is 11.5 Å². The first-order valence-electron chi connectivity index (χ1n) is 8.13. The molecule has 2 N–H and O–H groups in total. The molecular formula is C19H22N2O4. The molecular weight excluding hydrogens is 320 g/mol. The van der Waals surface area contributed by atoms with Crippen LogP contribution in [0.15, 0.2) is 33.8 Å². The molecule has 1 aliphatic carbocycles. The van der Waals surface area contributed by atoms with Crippen LogP contribution in [0.25, 0.3) is 0 Å². The van der Waals surface area contributed by atoms with Gasteiger partial charge in [0.05, 0.1) is 12.8 Å². The number of rotatable bonds is 3. The summed E-state index contributed by atoms with van der Waals surface area (Å²) in [6.45, 7) is 5.97. The number of ether oxygens (including phenoxy) is 1. The first-order valence-corrected chi connectivity index (χ1v) is 8.13. The van der Waals surface area contributed by atoms with E-state index < -0.39 is 0 Å². The van der Waals surface area contributed by atoms with Crippen molar-refractivity contribution in [2.75, 3.05) is 12.4 Å². The van der Waals surface area contributed by atoms with Gasteiger partial charge in [0, 0.05) is 23.2 Å². The minimum Gasteiger partial charge on any atom is -0.497 e. The van der Waals surface area contributed by atoms with E-state index in [1.807, 2.05) is 6.92 Å². The fraction of sp³-hybridized carbons (Fsp3) is 0.368. The van der Waals surface area contributed by atoms with Gasteiger partial charge in [-0.25, -0.2) is 0 Å². The highest BCUT2D eigenvalue weighted by Crippen LogP contribution is 2.38. The molecule has 0 unspecified atom stereocenters. The van der Waals surface area contributed by atoms with E-state index in [1.165, 1.54) is 0 Å². The molecule has 3 rings (SSSR count). The quantitative estimate of drug-likeness (QED) is 0.652. The van der Waals surface area contributed by atoms with Crippen molar-refractivity contribution in [1.29, 1.82) is 0 Å². The molecule has 0 saturated carbocycles. The predicted octanol–water partition coefficient (Wildman–Crippen LogP) is 4.00. The molecule has 0 fully saturated rings. The van der Waals surface area contributed by atoms with Gasteiger partial charge in [0.25, 0.3) is 5.91 Å². The van der Waals surface area contributed by atoms with Gasteiger partial charge in [-0.1, -0.05) is 19.0 Å². The van der Waals surface area contributed by atoms with Crippen LogP contribution in [0.1, 0.15) is 47.7 Å². The summed E-state index contributed by atoms with van der Waals surface area (Å²) < 4.78 is 11.0. The highest BCUT2D eigenvalue weighted by molar-refractivity contribution is 6.09. The molecule has 0 atom stereocenters. The van der Waals surface area contributed by atoms with Crippen LogP contribution in [0.3, 0.4) is 0 Å². The second-order valence-corrected chi connectivity index (χ2v) is 7.10. The minimum atomic E-state index is -0.327. The fourth-order valence-electron chi connectivity index (χ4n) is 3.28. The molecule has 25 heavy (non-hydrogen) atoms. The van der Waals surface area contributed by atoms with E-state index in [-0.39, 0.29) is 17.1 Å². The van der Waals surface area contributed by atoms with Crippen LogP contribution in [0, 0.1) is 12.3 Å². The van der Waals surface area contributed by atoms with Gasteiger partial charge in [-0.15, -0.1) is 0 Å². The Morgan fingerprint density at radius 2 is 1.96 bits per heavy atom. The molecule has 1 amide bonds. The molecule has 0 bridgehead atoms. The van der Waals surface area contributed by atoms with E-state index in [0.29, 0.717) is 41.3 Å². The van der Waals surface area contributed by atoms with Crippen molar-refractivity contribution < 1.29 is 19.2 Å². The Morgan fingerprint density at radius 1 is 1.28 bits per heavy atom. The van der Waals surface area contributed by atoms with E-state index in [1.54, 1.807) is 31.4 Å². The number of hydrogen-bond acceptors (Lipinski definition) is 5. The number of benzene rings is 1. The van der Waals surface area contributed by atoms with Gasteiger partial charge in [0.15, 0.2) is 5.76 Å². The molecule has 1 aromatic heterocycles. The van der Waals surface area contributed by atoms with E-state index in [2.05, 4.69) is 24.3 Å². The summed E-state index contributed by atoms with van der Waals surface area (Å²) in [5.74, 6) is 1.34. The van der Waals surface area contributed by atoms with Crippen molar-refractivity contribution >= 4 is 17.3 Å². The smallest absolute Gasteiger partial charge is 0.291 e. The number of methoxy groups -OCH3 is 1. The summed E-state index contributed by atoms with van der Waals surface area (Å²) in [6, 6.07) is 7.07. The van der Waals surface area contributed by atoms with Gasteiger partial charge in [-0.2, -0.15) is 0 Å². The molecule has 2 aromatic rings. The molecule has 0 radical (unpaired) electrons. The third kappa shape index (κ3) is 3.24. The van der Waals surface area contributed by atoms with E-state index in [4.69, 9.17) is 9.15 Å². The Labute approximate surface area is 146 Å². The third-order valence-electron chi connectivity index (χ3n) is 4.47. The van der Waals surface area contributed by atoms with Gasteiger partial charge in [-0.05, 0) is 43.0 Å². The Balaban J connectivity index is 1.90. The number of anilines is 1. The second-order valence-electron chi connectivity index (χ2n) is 7.10. The van der Waals surface area contributed by atoms with Crippen molar-refractivity contribution in [2.45, 2.75) is 33.6 Å². The first-order chi connectivity index (χ1) is 11.8. The summed E-state index contributed by atoms with van der Waals surface area (Å²) in [6.07, 6.45) is 1.33. The van der Waals surface area contributed by atoms with Crippen LogP contribution >= 0.6 is 0 Å². The second kappa shape index (κ2) is 6.27. The molecule has 0 spiro atoms. The van der Waals surface area contributed by atoms with Crippen LogP contribution in [-0.2, 0) is 6.42 Å². The van der Waals surface area contributed by atoms with Crippen LogP contribution in [0.2, 0.25) is 0 Å². The van der Waals surface area contributed by atoms with Gasteiger partial charge in [-0.3, -0.25) is 4.79 Å². The minimum absolute atomic E-state index is 0.0808. The van der Waals surface area contributed by atoms with Gasteiger partial charge < -0.3 is 19.7 Å². The van der Waals surface area contributed by atoms with Crippen molar-refractivity contribution in [1.82, 2.24) is 0 Å². The largest absolute Gasteiger partial charge is 0.497 e. The van der Waals surface area contributed by atoms with Crippen molar-refractivity contribution in [3.63, 3.8) is 0 Å². The lowest BCUT2D eigenvalue weighted by Crippen LogP contribution is -2.27. The zero-order chi connectivity index (χ0) is 18.2. The van der Waals surface area contributed by atoms with Crippen molar-refractivity contribution in [3.05, 3.63) is 46.9 Å². The summed E-state index contributed by atoms with van der Waals surface area (Å²) >= 11 is 0. The SMILES string of the molecule is COc1ccc(NC(=O)c2oc3c(c2C)C(=NO)CC(C)(C)C3)cc1. The molecule has 6 heteroatoms. The zero-order valence-corrected chi connectivity index (χ0v) is 14.8. The van der Waals surface area contributed by atoms with Crippen molar-refractivity contribution in [3.8, 4) is 5.75 Å². The molecule has 0 saturated heterocycles.